The highest BCUT2D eigenvalue weighted by Gasteiger charge is 2.38. The number of aryl methyl sites for hydroxylation is 1. The molecule has 0 saturated carbocycles. The minimum Gasteiger partial charge on any atom is -0.382 e. The standard InChI is InChI=1S/C16H20BrN3O/c1-19-15(14(17)10-18-19)16(21)8-5-9-20(12-16)11-13-6-3-2-4-7-13/h2-4,6-7,10,21H,5,8-9,11-12H2,1H3. The van der Waals surface area contributed by atoms with Crippen molar-refractivity contribution >= 4 is 15.9 Å². The van der Waals surface area contributed by atoms with E-state index < -0.39 is 5.60 Å². The summed E-state index contributed by atoms with van der Waals surface area (Å²) in [6.45, 7) is 2.53. The molecule has 1 N–H and O–H groups in total. The Labute approximate surface area is 133 Å². The number of aliphatic hydroxyl groups is 1. The van der Waals surface area contributed by atoms with Crippen LogP contribution < -0.4 is 0 Å². The van der Waals surface area contributed by atoms with E-state index in [1.807, 2.05) is 13.1 Å². The summed E-state index contributed by atoms with van der Waals surface area (Å²) < 4.78 is 2.66. The molecule has 5 heteroatoms. The second kappa shape index (κ2) is 5.91. The van der Waals surface area contributed by atoms with Crippen molar-refractivity contribution in [1.29, 1.82) is 0 Å². The van der Waals surface area contributed by atoms with Crippen molar-refractivity contribution in [2.75, 3.05) is 13.1 Å². The zero-order chi connectivity index (χ0) is 14.9. The number of nitrogens with zero attached hydrogens (tertiary/aromatic N) is 3. The fourth-order valence-electron chi connectivity index (χ4n) is 3.23. The number of rotatable bonds is 3. The van der Waals surface area contributed by atoms with Crippen LogP contribution in [0.3, 0.4) is 0 Å². The average molecular weight is 350 g/mol. The van der Waals surface area contributed by atoms with Gasteiger partial charge >= 0.3 is 0 Å². The Balaban J connectivity index is 1.79. The number of benzene rings is 1. The van der Waals surface area contributed by atoms with Crippen LogP contribution in [0.1, 0.15) is 24.1 Å². The maximum atomic E-state index is 11.1. The Hall–Kier alpha value is -1.17. The van der Waals surface area contributed by atoms with E-state index in [2.05, 4.69) is 50.2 Å². The second-order valence-electron chi connectivity index (χ2n) is 5.80. The van der Waals surface area contributed by atoms with E-state index >= 15 is 0 Å². The van der Waals surface area contributed by atoms with Crippen LogP contribution in [0, 0.1) is 0 Å². The van der Waals surface area contributed by atoms with Gasteiger partial charge in [-0.2, -0.15) is 5.10 Å². The molecule has 1 saturated heterocycles. The minimum atomic E-state index is -0.836. The largest absolute Gasteiger partial charge is 0.382 e. The first-order chi connectivity index (χ1) is 10.1. The van der Waals surface area contributed by atoms with Crippen LogP contribution >= 0.6 is 15.9 Å². The van der Waals surface area contributed by atoms with Crippen LogP contribution in [0.15, 0.2) is 41.0 Å². The van der Waals surface area contributed by atoms with E-state index in [1.165, 1.54) is 5.56 Å². The summed E-state index contributed by atoms with van der Waals surface area (Å²) in [5.41, 5.74) is 1.32. The Kier molecular flexibility index (Phi) is 4.15. The van der Waals surface area contributed by atoms with Gasteiger partial charge in [0.2, 0.25) is 0 Å². The van der Waals surface area contributed by atoms with Crippen molar-refractivity contribution in [2.24, 2.45) is 7.05 Å². The van der Waals surface area contributed by atoms with Gasteiger partial charge in [-0.05, 0) is 40.9 Å². The number of aromatic nitrogens is 2. The molecule has 1 aromatic carbocycles. The lowest BCUT2D eigenvalue weighted by atomic mass is 9.89. The molecule has 1 fully saturated rings. The molecule has 1 aliphatic rings. The smallest absolute Gasteiger partial charge is 0.120 e. The van der Waals surface area contributed by atoms with Crippen LogP contribution in [0.4, 0.5) is 0 Å². The predicted molar refractivity (Wildman–Crippen MR) is 85.8 cm³/mol. The predicted octanol–water partition coefficient (Wildman–Crippen LogP) is 2.67. The first kappa shape index (κ1) is 14.8. The lowest BCUT2D eigenvalue weighted by Gasteiger charge is -2.39. The second-order valence-corrected chi connectivity index (χ2v) is 6.65. The van der Waals surface area contributed by atoms with Crippen molar-refractivity contribution in [3.8, 4) is 0 Å². The van der Waals surface area contributed by atoms with Gasteiger partial charge in [-0.25, -0.2) is 0 Å². The van der Waals surface area contributed by atoms with Crippen LogP contribution in [0.2, 0.25) is 0 Å². The molecule has 0 bridgehead atoms. The van der Waals surface area contributed by atoms with Gasteiger partial charge in [0.15, 0.2) is 0 Å². The first-order valence-corrected chi connectivity index (χ1v) is 8.04. The van der Waals surface area contributed by atoms with Crippen molar-refractivity contribution in [1.82, 2.24) is 14.7 Å². The molecule has 0 spiro atoms. The number of piperidine rings is 1. The minimum absolute atomic E-state index is 0.639. The third-order valence-corrected chi connectivity index (χ3v) is 4.71. The Morgan fingerprint density at radius 1 is 1.33 bits per heavy atom. The fourth-order valence-corrected chi connectivity index (χ4v) is 3.94. The van der Waals surface area contributed by atoms with Crippen molar-refractivity contribution in [2.45, 2.75) is 25.0 Å². The topological polar surface area (TPSA) is 41.3 Å². The van der Waals surface area contributed by atoms with E-state index in [0.29, 0.717) is 6.54 Å². The third-order valence-electron chi connectivity index (χ3n) is 4.13. The summed E-state index contributed by atoms with van der Waals surface area (Å²) in [6, 6.07) is 10.4. The molecule has 0 aliphatic carbocycles. The molecule has 3 rings (SSSR count). The van der Waals surface area contributed by atoms with Crippen LogP contribution in [0.5, 0.6) is 0 Å². The Bertz CT molecular complexity index is 594. The van der Waals surface area contributed by atoms with Gasteiger partial charge in [0.25, 0.3) is 0 Å². The van der Waals surface area contributed by atoms with E-state index in [0.717, 1.165) is 36.1 Å². The summed E-state index contributed by atoms with van der Waals surface area (Å²) in [6.07, 6.45) is 3.51. The van der Waals surface area contributed by atoms with Crippen molar-refractivity contribution < 1.29 is 5.11 Å². The molecule has 1 aromatic heterocycles. The van der Waals surface area contributed by atoms with Gasteiger partial charge in [-0.15, -0.1) is 0 Å². The summed E-state index contributed by atoms with van der Waals surface area (Å²) in [5.74, 6) is 0. The highest BCUT2D eigenvalue weighted by Crippen LogP contribution is 2.35. The van der Waals surface area contributed by atoms with E-state index in [4.69, 9.17) is 0 Å². The van der Waals surface area contributed by atoms with E-state index in [-0.39, 0.29) is 0 Å². The Morgan fingerprint density at radius 2 is 2.10 bits per heavy atom. The molecule has 0 amide bonds. The van der Waals surface area contributed by atoms with Gasteiger partial charge in [0, 0.05) is 20.1 Å². The molecule has 1 aliphatic heterocycles. The molecule has 1 unspecified atom stereocenters. The summed E-state index contributed by atoms with van der Waals surface area (Å²) in [4.78, 5) is 2.32. The maximum absolute atomic E-state index is 11.1. The van der Waals surface area contributed by atoms with Crippen molar-refractivity contribution in [3.63, 3.8) is 0 Å². The van der Waals surface area contributed by atoms with Gasteiger partial charge in [0.1, 0.15) is 5.60 Å². The van der Waals surface area contributed by atoms with Crippen LogP contribution in [-0.4, -0.2) is 32.9 Å². The number of hydrogen-bond donors (Lipinski definition) is 1. The third kappa shape index (κ3) is 3.05. The molecule has 21 heavy (non-hydrogen) atoms. The highest BCUT2D eigenvalue weighted by atomic mass is 79.9. The van der Waals surface area contributed by atoms with E-state index in [1.54, 1.807) is 10.9 Å². The number of hydrogen-bond acceptors (Lipinski definition) is 3. The number of β-amino-alcohol motifs (C(OH)–C–C–N with tert-alkyl or cyclic N) is 1. The summed E-state index contributed by atoms with van der Waals surface area (Å²) in [5, 5.41) is 15.3. The Morgan fingerprint density at radius 3 is 2.76 bits per heavy atom. The van der Waals surface area contributed by atoms with Crippen molar-refractivity contribution in [3.05, 3.63) is 52.3 Å². The molecule has 112 valence electrons. The lowest BCUT2D eigenvalue weighted by molar-refractivity contribution is -0.0444. The molecule has 2 aromatic rings. The monoisotopic (exact) mass is 349 g/mol. The van der Waals surface area contributed by atoms with Gasteiger partial charge in [-0.1, -0.05) is 30.3 Å². The van der Waals surface area contributed by atoms with Gasteiger partial charge in [0.05, 0.1) is 16.4 Å². The normalized spacial score (nSPS) is 23.4. The zero-order valence-electron chi connectivity index (χ0n) is 12.2. The fraction of sp³-hybridized carbons (Fsp3) is 0.438. The van der Waals surface area contributed by atoms with Crippen LogP contribution in [-0.2, 0) is 19.2 Å². The molecular formula is C16H20BrN3O. The molecule has 4 nitrogen and oxygen atoms in total. The van der Waals surface area contributed by atoms with E-state index in [9.17, 15) is 5.11 Å². The lowest BCUT2D eigenvalue weighted by Crippen LogP contribution is -2.46. The first-order valence-electron chi connectivity index (χ1n) is 7.25. The molecule has 1 atom stereocenters. The van der Waals surface area contributed by atoms with Gasteiger partial charge < -0.3 is 5.11 Å². The average Bonchev–Trinajstić information content (AvgIpc) is 2.80. The molecular weight excluding hydrogens is 330 g/mol. The van der Waals surface area contributed by atoms with Gasteiger partial charge in [-0.3, -0.25) is 9.58 Å². The van der Waals surface area contributed by atoms with Crippen LogP contribution in [0.25, 0.3) is 0 Å². The SMILES string of the molecule is Cn1ncc(Br)c1C1(O)CCCN(Cc2ccccc2)C1. The summed E-state index contributed by atoms with van der Waals surface area (Å²) in [7, 11) is 1.88. The zero-order valence-corrected chi connectivity index (χ0v) is 13.8. The maximum Gasteiger partial charge on any atom is 0.120 e. The number of likely N-dealkylation sites (tertiary alicyclic amines) is 1. The molecule has 2 heterocycles. The summed E-state index contributed by atoms with van der Waals surface area (Å²) >= 11 is 3.51. The quantitative estimate of drug-likeness (QED) is 0.925. The highest BCUT2D eigenvalue weighted by molar-refractivity contribution is 9.10. The number of halogens is 1. The molecule has 0 radical (unpaired) electrons.